The number of amides is 2. The molecular formula is C13H16N2O3. The Morgan fingerprint density at radius 2 is 2.11 bits per heavy atom. The highest BCUT2D eigenvalue weighted by Crippen LogP contribution is 2.16. The molecule has 0 aromatic heterocycles. The maximum Gasteiger partial charge on any atom is 0.321 e. The van der Waals surface area contributed by atoms with E-state index in [4.69, 9.17) is 5.11 Å². The Morgan fingerprint density at radius 3 is 2.72 bits per heavy atom. The molecule has 96 valence electrons. The first-order valence-electron chi connectivity index (χ1n) is 5.47. The summed E-state index contributed by atoms with van der Waals surface area (Å²) in [6, 6.07) is 6.54. The molecule has 0 aliphatic rings. The third-order valence-corrected chi connectivity index (χ3v) is 2.35. The number of nitrogens with zero attached hydrogens (tertiary/aromatic N) is 1. The van der Waals surface area contributed by atoms with Gasteiger partial charge in [0, 0.05) is 19.3 Å². The molecule has 0 saturated carbocycles. The second-order valence-corrected chi connectivity index (χ2v) is 3.83. The first-order chi connectivity index (χ1) is 8.54. The van der Waals surface area contributed by atoms with Crippen LogP contribution in [0.2, 0.25) is 0 Å². The molecule has 0 radical (unpaired) electrons. The molecule has 0 saturated heterocycles. The second kappa shape index (κ2) is 6.44. The van der Waals surface area contributed by atoms with E-state index in [0.29, 0.717) is 17.8 Å². The summed E-state index contributed by atoms with van der Waals surface area (Å²) in [4.78, 5) is 23.9. The molecule has 0 fully saturated rings. The van der Waals surface area contributed by atoms with Gasteiger partial charge in [0.2, 0.25) is 0 Å². The van der Waals surface area contributed by atoms with Crippen LogP contribution in [0.5, 0.6) is 0 Å². The monoisotopic (exact) mass is 248 g/mol. The van der Waals surface area contributed by atoms with Crippen molar-refractivity contribution >= 4 is 17.7 Å². The zero-order valence-corrected chi connectivity index (χ0v) is 10.2. The highest BCUT2D eigenvalue weighted by molar-refractivity contribution is 5.90. The fraction of sp³-hybridized carbons (Fsp3) is 0.231. The summed E-state index contributed by atoms with van der Waals surface area (Å²) in [6.07, 6.45) is 1.49. The number of nitrogens with one attached hydrogen (secondary N) is 1. The van der Waals surface area contributed by atoms with Crippen molar-refractivity contribution in [3.8, 4) is 0 Å². The summed E-state index contributed by atoms with van der Waals surface area (Å²) in [5.74, 6) is -0.934. The number of para-hydroxylation sites is 1. The van der Waals surface area contributed by atoms with E-state index in [1.54, 1.807) is 37.4 Å². The Morgan fingerprint density at radius 1 is 1.44 bits per heavy atom. The predicted molar refractivity (Wildman–Crippen MR) is 69.6 cm³/mol. The summed E-state index contributed by atoms with van der Waals surface area (Å²) in [5.41, 5.74) is 1.09. The molecule has 2 amide bonds. The second-order valence-electron chi connectivity index (χ2n) is 3.83. The molecule has 18 heavy (non-hydrogen) atoms. The number of likely N-dealkylation sites (N-methyl/N-ethyl adjacent to an activating group) is 1. The molecular weight excluding hydrogens is 232 g/mol. The lowest BCUT2D eigenvalue weighted by molar-refractivity contribution is -0.136. The van der Waals surface area contributed by atoms with Gasteiger partial charge in [-0.15, -0.1) is 6.58 Å². The van der Waals surface area contributed by atoms with Crippen molar-refractivity contribution in [1.82, 2.24) is 4.90 Å². The van der Waals surface area contributed by atoms with Crippen LogP contribution in [0, 0.1) is 0 Å². The summed E-state index contributed by atoms with van der Waals surface area (Å²) in [5, 5.41) is 11.5. The van der Waals surface area contributed by atoms with Crippen LogP contribution in [0.15, 0.2) is 36.9 Å². The topological polar surface area (TPSA) is 69.6 Å². The molecule has 0 aliphatic carbocycles. The number of carboxylic acid groups (broad SMARTS) is 1. The Kier molecular flexibility index (Phi) is 4.92. The zero-order chi connectivity index (χ0) is 13.5. The number of carbonyl (C=O) groups is 2. The molecule has 1 rings (SSSR count). The van der Waals surface area contributed by atoms with Gasteiger partial charge < -0.3 is 15.3 Å². The van der Waals surface area contributed by atoms with Crippen LogP contribution in [0.3, 0.4) is 0 Å². The maximum absolute atomic E-state index is 11.8. The van der Waals surface area contributed by atoms with E-state index in [1.807, 2.05) is 0 Å². The Labute approximate surface area is 106 Å². The minimum absolute atomic E-state index is 0.123. The average Bonchev–Trinajstić information content (AvgIpc) is 2.31. The highest BCUT2D eigenvalue weighted by atomic mass is 16.4. The van der Waals surface area contributed by atoms with Gasteiger partial charge in [-0.05, 0) is 11.6 Å². The molecule has 0 atom stereocenters. The van der Waals surface area contributed by atoms with E-state index in [9.17, 15) is 9.59 Å². The third-order valence-electron chi connectivity index (χ3n) is 2.35. The predicted octanol–water partition coefficient (Wildman–Crippen LogP) is 1.96. The molecule has 0 aliphatic heterocycles. The van der Waals surface area contributed by atoms with Crippen molar-refractivity contribution in [3.63, 3.8) is 0 Å². The van der Waals surface area contributed by atoms with E-state index < -0.39 is 5.97 Å². The fourth-order valence-electron chi connectivity index (χ4n) is 1.45. The highest BCUT2D eigenvalue weighted by Gasteiger charge is 2.11. The number of hydrogen-bond acceptors (Lipinski definition) is 2. The molecule has 1 aromatic carbocycles. The van der Waals surface area contributed by atoms with Gasteiger partial charge in [0.25, 0.3) is 0 Å². The molecule has 1 aromatic rings. The summed E-state index contributed by atoms with van der Waals surface area (Å²) in [7, 11) is 1.64. The number of anilines is 1. The fourth-order valence-corrected chi connectivity index (χ4v) is 1.45. The summed E-state index contributed by atoms with van der Waals surface area (Å²) < 4.78 is 0. The van der Waals surface area contributed by atoms with E-state index in [2.05, 4.69) is 11.9 Å². The number of hydrogen-bond donors (Lipinski definition) is 2. The Balaban J connectivity index is 2.80. The minimum atomic E-state index is -0.934. The normalized spacial score (nSPS) is 9.61. The van der Waals surface area contributed by atoms with Crippen LogP contribution in [0.4, 0.5) is 10.5 Å². The van der Waals surface area contributed by atoms with Gasteiger partial charge >= 0.3 is 12.0 Å². The number of carbonyl (C=O) groups excluding carboxylic acids is 1. The number of aliphatic carboxylic acids is 1. The Hall–Kier alpha value is -2.30. The van der Waals surface area contributed by atoms with Gasteiger partial charge in [-0.3, -0.25) is 4.79 Å². The first kappa shape index (κ1) is 13.8. The van der Waals surface area contributed by atoms with Gasteiger partial charge in [0.05, 0.1) is 6.42 Å². The van der Waals surface area contributed by atoms with Crippen LogP contribution in [0.1, 0.15) is 5.56 Å². The van der Waals surface area contributed by atoms with Crippen LogP contribution in [-0.4, -0.2) is 35.6 Å². The summed E-state index contributed by atoms with van der Waals surface area (Å²) >= 11 is 0. The molecule has 0 spiro atoms. The lowest BCUT2D eigenvalue weighted by Crippen LogP contribution is -2.31. The van der Waals surface area contributed by atoms with Gasteiger partial charge in [0.15, 0.2) is 0 Å². The quantitative estimate of drug-likeness (QED) is 0.783. The molecule has 0 heterocycles. The largest absolute Gasteiger partial charge is 0.481 e. The van der Waals surface area contributed by atoms with E-state index in [-0.39, 0.29) is 12.5 Å². The number of urea groups is 1. The number of carboxylic acids is 1. The molecule has 0 unspecified atom stereocenters. The van der Waals surface area contributed by atoms with Gasteiger partial charge in [-0.2, -0.15) is 0 Å². The standard InChI is InChI=1S/C13H16N2O3/c1-3-8-15(2)13(18)14-11-7-5-4-6-10(11)9-12(16)17/h3-7H,1,8-9H2,2H3,(H,14,18)(H,16,17). The molecule has 0 bridgehead atoms. The van der Waals surface area contributed by atoms with Crippen molar-refractivity contribution in [1.29, 1.82) is 0 Å². The van der Waals surface area contributed by atoms with Crippen molar-refractivity contribution in [2.45, 2.75) is 6.42 Å². The van der Waals surface area contributed by atoms with Crippen LogP contribution >= 0.6 is 0 Å². The molecule has 2 N–H and O–H groups in total. The van der Waals surface area contributed by atoms with Crippen LogP contribution in [-0.2, 0) is 11.2 Å². The minimum Gasteiger partial charge on any atom is -0.481 e. The smallest absolute Gasteiger partial charge is 0.321 e. The molecule has 5 nitrogen and oxygen atoms in total. The first-order valence-corrected chi connectivity index (χ1v) is 5.47. The van der Waals surface area contributed by atoms with Crippen molar-refractivity contribution in [2.24, 2.45) is 0 Å². The Bertz CT molecular complexity index is 457. The van der Waals surface area contributed by atoms with Crippen molar-refractivity contribution in [3.05, 3.63) is 42.5 Å². The van der Waals surface area contributed by atoms with Crippen molar-refractivity contribution < 1.29 is 14.7 Å². The van der Waals surface area contributed by atoms with Gasteiger partial charge in [0.1, 0.15) is 0 Å². The lowest BCUT2D eigenvalue weighted by Gasteiger charge is -2.17. The maximum atomic E-state index is 11.8. The number of benzene rings is 1. The van der Waals surface area contributed by atoms with Crippen molar-refractivity contribution in [2.75, 3.05) is 18.9 Å². The van der Waals surface area contributed by atoms with E-state index in [0.717, 1.165) is 0 Å². The SMILES string of the molecule is C=CCN(C)C(=O)Nc1ccccc1CC(=O)O. The zero-order valence-electron chi connectivity index (χ0n) is 10.2. The van der Waals surface area contributed by atoms with E-state index in [1.165, 1.54) is 4.90 Å². The van der Waals surface area contributed by atoms with Crippen LogP contribution in [0.25, 0.3) is 0 Å². The summed E-state index contributed by atoms with van der Waals surface area (Å²) in [6.45, 7) is 3.97. The average molecular weight is 248 g/mol. The van der Waals surface area contributed by atoms with Crippen LogP contribution < -0.4 is 5.32 Å². The third kappa shape index (κ3) is 3.93. The van der Waals surface area contributed by atoms with Gasteiger partial charge in [-0.1, -0.05) is 24.3 Å². The number of rotatable bonds is 5. The lowest BCUT2D eigenvalue weighted by atomic mass is 10.1. The van der Waals surface area contributed by atoms with E-state index >= 15 is 0 Å². The molecule has 5 heteroatoms. The van der Waals surface area contributed by atoms with Gasteiger partial charge in [-0.25, -0.2) is 4.79 Å².